The number of rotatable bonds is 3. The summed E-state index contributed by atoms with van der Waals surface area (Å²) in [6.07, 6.45) is 3.44. The van der Waals surface area contributed by atoms with E-state index in [0.29, 0.717) is 34.6 Å². The van der Waals surface area contributed by atoms with Crippen LogP contribution in [0.3, 0.4) is 0 Å². The quantitative estimate of drug-likeness (QED) is 0.554. The Hall–Kier alpha value is -3.28. The number of benzene rings is 1. The molecule has 0 radical (unpaired) electrons. The van der Waals surface area contributed by atoms with Gasteiger partial charge in [0.05, 0.1) is 14.2 Å². The summed E-state index contributed by atoms with van der Waals surface area (Å²) in [5.41, 5.74) is 1.77. The Kier molecular flexibility index (Phi) is 3.65. The van der Waals surface area contributed by atoms with Crippen LogP contribution in [0.4, 0.5) is 17.3 Å². The number of aryl methyl sites for hydroxylation is 1. The lowest BCUT2D eigenvalue weighted by molar-refractivity contribution is 0.394. The van der Waals surface area contributed by atoms with Crippen LogP contribution in [0.2, 0.25) is 0 Å². The van der Waals surface area contributed by atoms with Gasteiger partial charge in [-0.05, 0) is 48.9 Å². The van der Waals surface area contributed by atoms with Gasteiger partial charge in [0.15, 0.2) is 23.1 Å². The lowest BCUT2D eigenvalue weighted by Gasteiger charge is -2.32. The van der Waals surface area contributed by atoms with E-state index in [1.165, 1.54) is 0 Å². The summed E-state index contributed by atoms with van der Waals surface area (Å²) in [4.78, 5) is 10.9. The van der Waals surface area contributed by atoms with Crippen molar-refractivity contribution < 1.29 is 14.2 Å². The highest BCUT2D eigenvalue weighted by Crippen LogP contribution is 2.53. The van der Waals surface area contributed by atoms with E-state index in [4.69, 9.17) is 14.2 Å². The molecule has 0 saturated carbocycles. The van der Waals surface area contributed by atoms with Gasteiger partial charge in [-0.15, -0.1) is 0 Å². The van der Waals surface area contributed by atoms with Gasteiger partial charge in [-0.2, -0.15) is 0 Å². The van der Waals surface area contributed by atoms with Crippen molar-refractivity contribution in [3.63, 3.8) is 0 Å². The fourth-order valence-corrected chi connectivity index (χ4v) is 2.94. The zero-order valence-electron chi connectivity index (χ0n) is 14.2. The van der Waals surface area contributed by atoms with Crippen LogP contribution in [0.15, 0.2) is 48.8 Å². The van der Waals surface area contributed by atoms with Crippen LogP contribution >= 0.6 is 0 Å². The van der Waals surface area contributed by atoms with Crippen molar-refractivity contribution in [2.24, 2.45) is 0 Å². The maximum atomic E-state index is 5.95. The number of hydrogen-bond acceptors (Lipinski definition) is 6. The van der Waals surface area contributed by atoms with Crippen molar-refractivity contribution in [3.05, 3.63) is 54.4 Å². The number of nitrogens with zero attached hydrogens (tertiary/aromatic N) is 3. The minimum Gasteiger partial charge on any atom is -0.494 e. The van der Waals surface area contributed by atoms with E-state index in [0.717, 1.165) is 11.3 Å². The molecule has 1 aliphatic heterocycles. The normalized spacial score (nSPS) is 12.0. The molecule has 0 amide bonds. The van der Waals surface area contributed by atoms with E-state index in [1.54, 1.807) is 26.6 Å². The van der Waals surface area contributed by atoms with Gasteiger partial charge in [0, 0.05) is 12.4 Å². The molecule has 0 aliphatic carbocycles. The fraction of sp³-hybridized carbons (Fsp3) is 0.158. The Balaban J connectivity index is 2.04. The number of ether oxygens (including phenoxy) is 3. The van der Waals surface area contributed by atoms with Crippen LogP contribution in [-0.4, -0.2) is 24.2 Å². The molecule has 6 nitrogen and oxygen atoms in total. The lowest BCUT2D eigenvalue weighted by Crippen LogP contribution is -2.19. The zero-order valence-corrected chi connectivity index (χ0v) is 14.2. The predicted octanol–water partition coefficient (Wildman–Crippen LogP) is 4.38. The highest BCUT2D eigenvalue weighted by Gasteiger charge is 2.32. The summed E-state index contributed by atoms with van der Waals surface area (Å²) in [7, 11) is 3.27. The summed E-state index contributed by atoms with van der Waals surface area (Å²) < 4.78 is 17.2. The smallest absolute Gasteiger partial charge is 0.182 e. The maximum Gasteiger partial charge on any atom is 0.182 e. The number of methoxy groups -OCH3 is 2. The lowest BCUT2D eigenvalue weighted by atomic mass is 10.1. The third kappa shape index (κ3) is 2.42. The van der Waals surface area contributed by atoms with Gasteiger partial charge in [0.1, 0.15) is 17.2 Å². The molecule has 0 spiro atoms. The molecule has 1 aliphatic rings. The molecule has 0 unspecified atom stereocenters. The average Bonchev–Trinajstić information content (AvgIpc) is 2.65. The maximum absolute atomic E-state index is 5.95. The zero-order chi connectivity index (χ0) is 17.4. The number of aromatic nitrogens is 2. The van der Waals surface area contributed by atoms with Crippen LogP contribution in [0.25, 0.3) is 0 Å². The number of hydrogen-bond donors (Lipinski definition) is 0. The van der Waals surface area contributed by atoms with Gasteiger partial charge in [0.25, 0.3) is 0 Å². The van der Waals surface area contributed by atoms with E-state index in [9.17, 15) is 0 Å². The van der Waals surface area contributed by atoms with Crippen LogP contribution in [-0.2, 0) is 0 Å². The highest BCUT2D eigenvalue weighted by atomic mass is 16.5. The fourth-order valence-electron chi connectivity index (χ4n) is 2.94. The van der Waals surface area contributed by atoms with Crippen molar-refractivity contribution in [1.82, 2.24) is 9.97 Å². The monoisotopic (exact) mass is 335 g/mol. The molecule has 0 fully saturated rings. The van der Waals surface area contributed by atoms with Crippen LogP contribution < -0.4 is 19.1 Å². The number of pyridine rings is 2. The summed E-state index contributed by atoms with van der Waals surface area (Å²) in [6.45, 7) is 1.99. The molecule has 126 valence electrons. The predicted molar refractivity (Wildman–Crippen MR) is 94.6 cm³/mol. The summed E-state index contributed by atoms with van der Waals surface area (Å²) in [6, 6.07) is 11.3. The first kappa shape index (κ1) is 15.3. The van der Waals surface area contributed by atoms with Crippen molar-refractivity contribution in [1.29, 1.82) is 0 Å². The molecule has 3 aromatic rings. The SMILES string of the molecule is COc1cc(C)cc(OC)c1N1c2ncccc2Oc2cccnc21. The Morgan fingerprint density at radius 3 is 1.88 bits per heavy atom. The molecule has 1 aromatic carbocycles. The van der Waals surface area contributed by atoms with Crippen LogP contribution in [0.5, 0.6) is 23.0 Å². The Morgan fingerprint density at radius 1 is 0.880 bits per heavy atom. The number of fused-ring (bicyclic) bond motifs is 2. The van der Waals surface area contributed by atoms with Crippen molar-refractivity contribution >= 4 is 17.3 Å². The molecule has 4 rings (SSSR count). The molecule has 6 heteroatoms. The first-order valence-electron chi connectivity index (χ1n) is 7.83. The van der Waals surface area contributed by atoms with Gasteiger partial charge < -0.3 is 14.2 Å². The first-order chi connectivity index (χ1) is 12.2. The third-order valence-corrected chi connectivity index (χ3v) is 3.99. The summed E-state index contributed by atoms with van der Waals surface area (Å²) in [5, 5.41) is 0. The van der Waals surface area contributed by atoms with E-state index >= 15 is 0 Å². The van der Waals surface area contributed by atoms with Crippen molar-refractivity contribution in [2.45, 2.75) is 6.92 Å². The molecule has 0 atom stereocenters. The molecule has 0 bridgehead atoms. The molecule has 2 aromatic heterocycles. The van der Waals surface area contributed by atoms with Gasteiger partial charge >= 0.3 is 0 Å². The molecule has 0 N–H and O–H groups in total. The van der Waals surface area contributed by atoms with E-state index in [-0.39, 0.29) is 0 Å². The van der Waals surface area contributed by atoms with Gasteiger partial charge in [0.2, 0.25) is 0 Å². The minimum atomic E-state index is 0.633. The largest absolute Gasteiger partial charge is 0.494 e. The molecular formula is C19H17N3O3. The standard InChI is InChI=1S/C19H17N3O3/c1-12-10-15(23-2)17(16(11-12)24-3)22-18-13(6-4-8-20-18)25-14-7-5-9-21-19(14)22/h4-11H,1-3H3. The number of anilines is 3. The van der Waals surface area contributed by atoms with Crippen molar-refractivity contribution in [2.75, 3.05) is 19.1 Å². The second-order valence-corrected chi connectivity index (χ2v) is 5.61. The van der Waals surface area contributed by atoms with Crippen molar-refractivity contribution in [3.8, 4) is 23.0 Å². The van der Waals surface area contributed by atoms with Crippen LogP contribution in [0.1, 0.15) is 5.56 Å². The topological polar surface area (TPSA) is 56.7 Å². The second-order valence-electron chi connectivity index (χ2n) is 5.61. The highest BCUT2D eigenvalue weighted by molar-refractivity contribution is 5.87. The summed E-state index contributed by atoms with van der Waals surface area (Å²) >= 11 is 0. The molecule has 3 heterocycles. The van der Waals surface area contributed by atoms with Crippen LogP contribution in [0, 0.1) is 6.92 Å². The minimum absolute atomic E-state index is 0.633. The Labute approximate surface area is 145 Å². The molecule has 0 saturated heterocycles. The van der Waals surface area contributed by atoms with Gasteiger partial charge in [-0.25, -0.2) is 9.97 Å². The molecule has 25 heavy (non-hydrogen) atoms. The third-order valence-electron chi connectivity index (χ3n) is 3.99. The second kappa shape index (κ2) is 5.98. The van der Waals surface area contributed by atoms with Gasteiger partial charge in [-0.3, -0.25) is 4.90 Å². The van der Waals surface area contributed by atoms with E-state index in [2.05, 4.69) is 9.97 Å². The summed E-state index contributed by atoms with van der Waals surface area (Å²) in [5.74, 6) is 3.91. The van der Waals surface area contributed by atoms with E-state index < -0.39 is 0 Å². The Bertz CT molecular complexity index is 872. The molecular weight excluding hydrogens is 318 g/mol. The van der Waals surface area contributed by atoms with E-state index in [1.807, 2.05) is 48.2 Å². The Morgan fingerprint density at radius 2 is 1.40 bits per heavy atom. The first-order valence-corrected chi connectivity index (χ1v) is 7.83. The van der Waals surface area contributed by atoms with Gasteiger partial charge in [-0.1, -0.05) is 0 Å². The average molecular weight is 335 g/mol.